The first-order chi connectivity index (χ1) is 13.8. The lowest BCUT2D eigenvalue weighted by atomic mass is 10.2. The number of amides is 1. The summed E-state index contributed by atoms with van der Waals surface area (Å²) >= 11 is 0. The van der Waals surface area contributed by atoms with Gasteiger partial charge in [0, 0.05) is 11.8 Å². The van der Waals surface area contributed by atoms with Crippen LogP contribution < -0.4 is 5.32 Å². The minimum Gasteiger partial charge on any atom is -0.454 e. The van der Waals surface area contributed by atoms with E-state index in [2.05, 4.69) is 10.4 Å². The molecule has 0 aliphatic heterocycles. The zero-order valence-electron chi connectivity index (χ0n) is 15.0. The van der Waals surface area contributed by atoms with Crippen LogP contribution in [0.4, 0.5) is 36.4 Å². The average Bonchev–Trinajstić information content (AvgIpc) is 3.25. The van der Waals surface area contributed by atoms with Crippen LogP contribution in [0.5, 0.6) is 0 Å². The van der Waals surface area contributed by atoms with Gasteiger partial charge in [-0.3, -0.25) is 9.48 Å². The first-order valence-electron chi connectivity index (χ1n) is 8.23. The molecule has 2 heterocycles. The normalized spacial score (nSPS) is 12.3. The van der Waals surface area contributed by atoms with Gasteiger partial charge in [-0.1, -0.05) is 0 Å². The maximum Gasteiger partial charge on any atom is 0.435 e. The maximum absolute atomic E-state index is 13.3. The molecular weight excluding hydrogens is 423 g/mol. The van der Waals surface area contributed by atoms with E-state index in [1.165, 1.54) is 19.1 Å². The molecule has 3 rings (SSSR count). The van der Waals surface area contributed by atoms with E-state index in [1.54, 1.807) is 0 Å². The van der Waals surface area contributed by atoms with Crippen molar-refractivity contribution in [1.82, 2.24) is 9.78 Å². The molecule has 0 aliphatic rings. The molecule has 0 aliphatic carbocycles. The highest BCUT2D eigenvalue weighted by Crippen LogP contribution is 2.35. The third-order valence-corrected chi connectivity index (χ3v) is 3.97. The van der Waals surface area contributed by atoms with E-state index in [9.17, 15) is 35.5 Å². The molecule has 0 saturated heterocycles. The van der Waals surface area contributed by atoms with Crippen molar-refractivity contribution in [2.75, 3.05) is 5.32 Å². The molecule has 2 aromatic heterocycles. The number of carbonyl (C=O) groups excluding carboxylic acids is 1. The number of nitrogens with zero attached hydrogens (tertiary/aromatic N) is 2. The third-order valence-electron chi connectivity index (χ3n) is 3.97. The molecule has 1 N–H and O–H groups in total. The van der Waals surface area contributed by atoms with Crippen molar-refractivity contribution in [3.05, 3.63) is 70.7 Å². The van der Waals surface area contributed by atoms with Gasteiger partial charge in [0.2, 0.25) is 0 Å². The summed E-state index contributed by atoms with van der Waals surface area (Å²) in [6.07, 6.45) is -10.1. The number of anilines is 1. The van der Waals surface area contributed by atoms with Crippen LogP contribution in [0.3, 0.4) is 0 Å². The minimum atomic E-state index is -5.08. The predicted octanol–water partition coefficient (Wildman–Crippen LogP) is 5.26. The Balaban J connectivity index is 1.80. The quantitative estimate of drug-likeness (QED) is 0.569. The Labute approximate surface area is 164 Å². The second-order valence-electron chi connectivity index (χ2n) is 6.25. The van der Waals surface area contributed by atoms with E-state index >= 15 is 0 Å². The summed E-state index contributed by atoms with van der Waals surface area (Å²) < 4.78 is 95.8. The van der Waals surface area contributed by atoms with Gasteiger partial charge in [-0.25, -0.2) is 4.39 Å². The van der Waals surface area contributed by atoms with Crippen molar-refractivity contribution in [2.24, 2.45) is 0 Å². The molecule has 30 heavy (non-hydrogen) atoms. The largest absolute Gasteiger partial charge is 0.454 e. The molecule has 0 bridgehead atoms. The number of carbonyl (C=O) groups is 1. The van der Waals surface area contributed by atoms with Crippen molar-refractivity contribution < 1.29 is 39.9 Å². The van der Waals surface area contributed by atoms with Crippen LogP contribution in [-0.4, -0.2) is 15.7 Å². The van der Waals surface area contributed by atoms with Crippen LogP contribution in [0.1, 0.15) is 33.3 Å². The number of aromatic nitrogens is 2. The predicted molar refractivity (Wildman–Crippen MR) is 89.1 cm³/mol. The van der Waals surface area contributed by atoms with E-state index in [-0.39, 0.29) is 33.5 Å². The van der Waals surface area contributed by atoms with Crippen LogP contribution in [0.2, 0.25) is 0 Å². The second kappa shape index (κ2) is 7.50. The summed E-state index contributed by atoms with van der Waals surface area (Å²) in [5, 5.41) is 5.37. The molecular formula is C18H12F7N3O2. The van der Waals surface area contributed by atoms with Gasteiger partial charge in [-0.05, 0) is 42.8 Å². The summed E-state index contributed by atoms with van der Waals surface area (Å²) in [6, 6.07) is 5.96. The zero-order valence-corrected chi connectivity index (χ0v) is 15.0. The molecule has 0 atom stereocenters. The fourth-order valence-corrected chi connectivity index (χ4v) is 2.55. The van der Waals surface area contributed by atoms with Gasteiger partial charge in [0.1, 0.15) is 17.3 Å². The van der Waals surface area contributed by atoms with Crippen LogP contribution in [0.25, 0.3) is 0 Å². The lowest BCUT2D eigenvalue weighted by Gasteiger charge is -2.08. The molecule has 1 amide bonds. The number of alkyl halides is 6. The lowest BCUT2D eigenvalue weighted by Crippen LogP contribution is -2.15. The molecule has 0 saturated carbocycles. The highest BCUT2D eigenvalue weighted by Gasteiger charge is 2.42. The third kappa shape index (κ3) is 4.63. The number of benzene rings is 1. The van der Waals surface area contributed by atoms with Crippen molar-refractivity contribution in [3.63, 3.8) is 0 Å². The number of hydrogen-bond acceptors (Lipinski definition) is 3. The monoisotopic (exact) mass is 435 g/mol. The number of furan rings is 1. The summed E-state index contributed by atoms with van der Waals surface area (Å²) in [5.41, 5.74) is -2.80. The first-order valence-corrected chi connectivity index (χ1v) is 8.23. The highest BCUT2D eigenvalue weighted by molar-refractivity contribution is 6.02. The SMILES string of the molecule is Cc1cc(NC(=O)c2ccc(Cn3nc(C(F)(F)F)cc3C(F)(F)F)o2)ccc1F. The first kappa shape index (κ1) is 21.4. The van der Waals surface area contributed by atoms with E-state index < -0.39 is 42.0 Å². The van der Waals surface area contributed by atoms with Gasteiger partial charge in [0.15, 0.2) is 11.5 Å². The Kier molecular flexibility index (Phi) is 5.35. The number of nitrogens with one attached hydrogen (secondary N) is 1. The van der Waals surface area contributed by atoms with Gasteiger partial charge < -0.3 is 9.73 Å². The fourth-order valence-electron chi connectivity index (χ4n) is 2.55. The molecule has 1 aromatic carbocycles. The van der Waals surface area contributed by atoms with E-state index in [4.69, 9.17) is 4.42 Å². The van der Waals surface area contributed by atoms with Gasteiger partial charge in [-0.15, -0.1) is 0 Å². The summed E-state index contributed by atoms with van der Waals surface area (Å²) in [6.45, 7) is 0.696. The maximum atomic E-state index is 13.3. The van der Waals surface area contributed by atoms with Crippen molar-refractivity contribution in [2.45, 2.75) is 25.8 Å². The molecule has 0 unspecified atom stereocenters. The topological polar surface area (TPSA) is 60.1 Å². The van der Waals surface area contributed by atoms with Crippen molar-refractivity contribution >= 4 is 11.6 Å². The lowest BCUT2D eigenvalue weighted by molar-refractivity contribution is -0.144. The van der Waals surface area contributed by atoms with Crippen LogP contribution in [0, 0.1) is 12.7 Å². The Morgan fingerprint density at radius 3 is 2.37 bits per heavy atom. The van der Waals surface area contributed by atoms with Crippen LogP contribution in [-0.2, 0) is 18.9 Å². The van der Waals surface area contributed by atoms with E-state index in [0.717, 1.165) is 18.2 Å². The van der Waals surface area contributed by atoms with Crippen LogP contribution >= 0.6 is 0 Å². The Hall–Kier alpha value is -3.31. The van der Waals surface area contributed by atoms with Crippen molar-refractivity contribution in [3.8, 4) is 0 Å². The van der Waals surface area contributed by atoms with E-state index in [0.29, 0.717) is 0 Å². The number of rotatable bonds is 4. The molecule has 0 fully saturated rings. The fraction of sp³-hybridized carbons (Fsp3) is 0.222. The van der Waals surface area contributed by atoms with Gasteiger partial charge in [-0.2, -0.15) is 31.4 Å². The minimum absolute atomic E-state index is 0.104. The molecule has 5 nitrogen and oxygen atoms in total. The molecule has 12 heteroatoms. The standard InChI is InChI=1S/C18H12F7N3O2/c1-9-6-10(2-4-12(9)19)26-16(29)13-5-3-11(30-13)8-28-15(18(23,24)25)7-14(27-28)17(20,21)22/h2-7H,8H2,1H3,(H,26,29). The Morgan fingerprint density at radius 1 is 1.07 bits per heavy atom. The average molecular weight is 435 g/mol. The molecule has 0 spiro atoms. The summed E-state index contributed by atoms with van der Waals surface area (Å²) in [5.74, 6) is -1.78. The Bertz CT molecular complexity index is 1080. The number of aryl methyl sites for hydroxylation is 1. The number of hydrogen-bond donors (Lipinski definition) is 1. The van der Waals surface area contributed by atoms with Crippen LogP contribution in [0.15, 0.2) is 40.8 Å². The van der Waals surface area contributed by atoms with Crippen molar-refractivity contribution in [1.29, 1.82) is 0 Å². The zero-order chi connectivity index (χ0) is 22.3. The van der Waals surface area contributed by atoms with Gasteiger partial charge in [0.05, 0.1) is 6.54 Å². The highest BCUT2D eigenvalue weighted by atomic mass is 19.4. The van der Waals surface area contributed by atoms with Gasteiger partial charge >= 0.3 is 12.4 Å². The second-order valence-corrected chi connectivity index (χ2v) is 6.25. The summed E-state index contributed by atoms with van der Waals surface area (Å²) in [7, 11) is 0. The smallest absolute Gasteiger partial charge is 0.435 e. The van der Waals surface area contributed by atoms with E-state index in [1.807, 2.05) is 0 Å². The van der Waals surface area contributed by atoms with Gasteiger partial charge in [0.25, 0.3) is 5.91 Å². The molecule has 0 radical (unpaired) electrons. The molecule has 3 aromatic rings. The summed E-state index contributed by atoms with van der Waals surface area (Å²) in [4.78, 5) is 12.2. The number of halogens is 7. The molecule has 160 valence electrons. The Morgan fingerprint density at radius 2 is 1.77 bits per heavy atom.